The smallest absolute Gasteiger partial charge is 0.387 e. The van der Waals surface area contributed by atoms with Gasteiger partial charge in [-0.05, 0) is 25.0 Å². The van der Waals surface area contributed by atoms with Gasteiger partial charge in [0, 0.05) is 11.9 Å². The Morgan fingerprint density at radius 1 is 1.29 bits per heavy atom. The lowest BCUT2D eigenvalue weighted by molar-refractivity contribution is -0.0506. The van der Waals surface area contributed by atoms with E-state index < -0.39 is 12.4 Å². The van der Waals surface area contributed by atoms with E-state index in [1.807, 2.05) is 12.3 Å². The van der Waals surface area contributed by atoms with Crippen LogP contribution in [0.4, 0.5) is 13.2 Å². The number of guanidine groups is 1. The first-order valence-corrected chi connectivity index (χ1v) is 9.47. The number of thiazole rings is 1. The summed E-state index contributed by atoms with van der Waals surface area (Å²) in [6.07, 6.45) is 0. The second kappa shape index (κ2) is 12.1. The van der Waals surface area contributed by atoms with Gasteiger partial charge in [-0.3, -0.25) is 0 Å². The summed E-state index contributed by atoms with van der Waals surface area (Å²) in [6, 6.07) is 3.80. The number of nitrogens with one attached hydrogen (secondary N) is 2. The fourth-order valence-electron chi connectivity index (χ4n) is 2.23. The lowest BCUT2D eigenvalue weighted by Gasteiger charge is -2.12. The number of hydrogen-bond acceptors (Lipinski definition) is 4. The predicted octanol–water partition coefficient (Wildman–Crippen LogP) is 4.88. The monoisotopic (exact) mass is 528 g/mol. The summed E-state index contributed by atoms with van der Waals surface area (Å²) in [4.78, 5) is 8.81. The highest BCUT2D eigenvalue weighted by molar-refractivity contribution is 14.0. The van der Waals surface area contributed by atoms with E-state index in [0.29, 0.717) is 25.0 Å². The summed E-state index contributed by atoms with van der Waals surface area (Å²) >= 11 is 1.54. The molecule has 10 heteroatoms. The molecule has 156 valence electrons. The summed E-state index contributed by atoms with van der Waals surface area (Å²) in [5, 5.41) is 9.06. The van der Waals surface area contributed by atoms with Gasteiger partial charge in [0.15, 0.2) is 5.96 Å². The van der Waals surface area contributed by atoms with Crippen LogP contribution in [0.5, 0.6) is 5.75 Å². The highest BCUT2D eigenvalue weighted by Gasteiger charge is 2.14. The van der Waals surface area contributed by atoms with Gasteiger partial charge in [-0.15, -0.1) is 35.3 Å². The van der Waals surface area contributed by atoms with Crippen LogP contribution >= 0.6 is 35.3 Å². The van der Waals surface area contributed by atoms with Crippen molar-refractivity contribution in [1.82, 2.24) is 15.6 Å². The fourth-order valence-corrected chi connectivity index (χ4v) is 3.12. The Bertz CT molecular complexity index is 771. The first-order valence-electron chi connectivity index (χ1n) is 8.59. The highest BCUT2D eigenvalue weighted by atomic mass is 127. The van der Waals surface area contributed by atoms with E-state index in [2.05, 4.69) is 39.2 Å². The zero-order valence-corrected chi connectivity index (χ0v) is 19.0. The lowest BCUT2D eigenvalue weighted by atomic mass is 10.2. The number of nitrogens with zero attached hydrogens (tertiary/aromatic N) is 2. The number of ether oxygens (including phenoxy) is 1. The van der Waals surface area contributed by atoms with E-state index in [-0.39, 0.29) is 41.8 Å². The fraction of sp³-hybridized carbons (Fsp3) is 0.444. The van der Waals surface area contributed by atoms with Gasteiger partial charge in [-0.2, -0.15) is 8.78 Å². The SMILES string of the molecule is CCNC(=NCc1c(F)cccc1OC(F)F)NCc1nc(C(C)C)cs1.I. The van der Waals surface area contributed by atoms with E-state index in [0.717, 1.165) is 10.7 Å². The van der Waals surface area contributed by atoms with Crippen LogP contribution in [0, 0.1) is 5.82 Å². The summed E-state index contributed by atoms with van der Waals surface area (Å²) in [6.45, 7) is 3.93. The number of halogens is 4. The predicted molar refractivity (Wildman–Crippen MR) is 116 cm³/mol. The molecular weight excluding hydrogens is 504 g/mol. The van der Waals surface area contributed by atoms with E-state index in [1.54, 1.807) is 11.3 Å². The van der Waals surface area contributed by atoms with Crippen LogP contribution in [0.2, 0.25) is 0 Å². The van der Waals surface area contributed by atoms with Gasteiger partial charge >= 0.3 is 6.61 Å². The van der Waals surface area contributed by atoms with E-state index in [9.17, 15) is 13.2 Å². The highest BCUT2D eigenvalue weighted by Crippen LogP contribution is 2.24. The molecule has 0 fully saturated rings. The van der Waals surface area contributed by atoms with Crippen LogP contribution < -0.4 is 15.4 Å². The number of alkyl halides is 2. The van der Waals surface area contributed by atoms with Gasteiger partial charge in [0.05, 0.1) is 24.3 Å². The molecule has 28 heavy (non-hydrogen) atoms. The van der Waals surface area contributed by atoms with Gasteiger partial charge in [-0.25, -0.2) is 14.4 Å². The summed E-state index contributed by atoms with van der Waals surface area (Å²) in [5.74, 6) is -0.0726. The van der Waals surface area contributed by atoms with Crippen LogP contribution in [0.3, 0.4) is 0 Å². The van der Waals surface area contributed by atoms with Crippen molar-refractivity contribution in [3.63, 3.8) is 0 Å². The maximum atomic E-state index is 14.0. The first kappa shape index (κ1) is 24.5. The average molecular weight is 528 g/mol. The Balaban J connectivity index is 0.00000392. The summed E-state index contributed by atoms with van der Waals surface area (Å²) in [5.41, 5.74) is 1.00. The molecule has 0 aliphatic rings. The van der Waals surface area contributed by atoms with Crippen molar-refractivity contribution in [1.29, 1.82) is 0 Å². The molecule has 1 aromatic carbocycles. The second-order valence-electron chi connectivity index (χ2n) is 5.96. The number of benzene rings is 1. The number of rotatable bonds is 8. The third-order valence-corrected chi connectivity index (χ3v) is 4.47. The van der Waals surface area contributed by atoms with Crippen LogP contribution in [-0.4, -0.2) is 24.1 Å². The van der Waals surface area contributed by atoms with Gasteiger partial charge in [-0.1, -0.05) is 19.9 Å². The van der Waals surface area contributed by atoms with E-state index in [4.69, 9.17) is 0 Å². The largest absolute Gasteiger partial charge is 0.434 e. The van der Waals surface area contributed by atoms with Gasteiger partial charge in [0.1, 0.15) is 16.6 Å². The van der Waals surface area contributed by atoms with Gasteiger partial charge in [0.25, 0.3) is 0 Å². The van der Waals surface area contributed by atoms with Crippen LogP contribution in [0.1, 0.15) is 43.0 Å². The Kier molecular flexibility index (Phi) is 10.6. The van der Waals surface area contributed by atoms with Crippen LogP contribution in [-0.2, 0) is 13.1 Å². The molecule has 0 aliphatic heterocycles. The minimum atomic E-state index is -3.03. The van der Waals surface area contributed by atoms with Gasteiger partial charge in [0.2, 0.25) is 0 Å². The third kappa shape index (κ3) is 7.46. The van der Waals surface area contributed by atoms with Crippen molar-refractivity contribution in [2.24, 2.45) is 4.99 Å². The Hall–Kier alpha value is -1.56. The van der Waals surface area contributed by atoms with Crippen molar-refractivity contribution in [3.8, 4) is 5.75 Å². The van der Waals surface area contributed by atoms with Crippen molar-refractivity contribution < 1.29 is 17.9 Å². The molecule has 0 saturated heterocycles. The quantitative estimate of drug-likeness (QED) is 0.292. The maximum absolute atomic E-state index is 14.0. The average Bonchev–Trinajstić information content (AvgIpc) is 3.08. The molecule has 0 atom stereocenters. The zero-order chi connectivity index (χ0) is 19.8. The minimum Gasteiger partial charge on any atom is -0.434 e. The van der Waals surface area contributed by atoms with Gasteiger partial charge < -0.3 is 15.4 Å². The minimum absolute atomic E-state index is 0. The molecule has 0 aliphatic carbocycles. The topological polar surface area (TPSA) is 58.5 Å². The normalized spacial score (nSPS) is 11.5. The van der Waals surface area contributed by atoms with E-state index in [1.165, 1.54) is 18.2 Å². The van der Waals surface area contributed by atoms with Crippen LogP contribution in [0.25, 0.3) is 0 Å². The standard InChI is InChI=1S/C18H23F3N4OS.HI/c1-4-22-18(24-9-16-25-14(10-27-16)11(2)3)23-8-12-13(19)6-5-7-15(12)26-17(20)21;/h5-7,10-11,17H,4,8-9H2,1-3H3,(H2,22,23,24);1H. The molecule has 1 aromatic heterocycles. The maximum Gasteiger partial charge on any atom is 0.387 e. The Morgan fingerprint density at radius 3 is 2.64 bits per heavy atom. The molecule has 0 spiro atoms. The van der Waals surface area contributed by atoms with Crippen molar-refractivity contribution in [2.75, 3.05) is 6.54 Å². The zero-order valence-electron chi connectivity index (χ0n) is 15.8. The lowest BCUT2D eigenvalue weighted by Crippen LogP contribution is -2.36. The molecule has 0 amide bonds. The van der Waals surface area contributed by atoms with Crippen molar-refractivity contribution in [3.05, 3.63) is 45.7 Å². The summed E-state index contributed by atoms with van der Waals surface area (Å²) in [7, 11) is 0. The number of hydrogen-bond donors (Lipinski definition) is 2. The Labute approximate surface area is 183 Å². The Morgan fingerprint density at radius 2 is 2.04 bits per heavy atom. The molecule has 0 bridgehead atoms. The second-order valence-corrected chi connectivity index (χ2v) is 6.91. The molecule has 1 heterocycles. The molecule has 2 aromatic rings. The molecular formula is C18H24F3IN4OS. The molecule has 0 saturated carbocycles. The number of aliphatic imine (C=N–C) groups is 1. The molecule has 5 nitrogen and oxygen atoms in total. The van der Waals surface area contributed by atoms with Crippen molar-refractivity contribution >= 4 is 41.3 Å². The number of aromatic nitrogens is 1. The molecule has 2 rings (SSSR count). The first-order chi connectivity index (χ1) is 12.9. The van der Waals surface area contributed by atoms with E-state index >= 15 is 0 Å². The summed E-state index contributed by atoms with van der Waals surface area (Å²) < 4.78 is 43.4. The molecule has 2 N–H and O–H groups in total. The van der Waals surface area contributed by atoms with Crippen molar-refractivity contribution in [2.45, 2.75) is 46.4 Å². The molecule has 0 unspecified atom stereocenters. The third-order valence-electron chi connectivity index (χ3n) is 3.60. The molecule has 0 radical (unpaired) electrons. The van der Waals surface area contributed by atoms with Crippen LogP contribution in [0.15, 0.2) is 28.6 Å².